The Hall–Kier alpha value is -2.35. The predicted molar refractivity (Wildman–Crippen MR) is 90.3 cm³/mol. The number of benzene rings is 1. The number of hydrogen-bond acceptors (Lipinski definition) is 5. The first kappa shape index (κ1) is 17.5. The number of amides is 1. The lowest BCUT2D eigenvalue weighted by Gasteiger charge is -2.21. The molecule has 1 fully saturated rings. The molecule has 1 aliphatic heterocycles. The van der Waals surface area contributed by atoms with Gasteiger partial charge in [-0.3, -0.25) is 9.69 Å². The molecule has 1 aromatic heterocycles. The van der Waals surface area contributed by atoms with Gasteiger partial charge >= 0.3 is 0 Å². The van der Waals surface area contributed by atoms with E-state index in [1.807, 2.05) is 4.68 Å². The van der Waals surface area contributed by atoms with Crippen molar-refractivity contribution < 1.29 is 9.18 Å². The Kier molecular flexibility index (Phi) is 5.70. The Morgan fingerprint density at radius 3 is 2.92 bits per heavy atom. The summed E-state index contributed by atoms with van der Waals surface area (Å²) in [5.41, 5.74) is 0.403. The van der Waals surface area contributed by atoms with Crippen molar-refractivity contribution in [3.63, 3.8) is 0 Å². The fraction of sp³-hybridized carbons (Fsp3) is 0.529. The average molecular weight is 346 g/mol. The van der Waals surface area contributed by atoms with Gasteiger partial charge in [0.05, 0.1) is 6.54 Å². The van der Waals surface area contributed by atoms with Crippen LogP contribution in [0.3, 0.4) is 0 Å². The summed E-state index contributed by atoms with van der Waals surface area (Å²) in [6, 6.07) is 5.87. The van der Waals surface area contributed by atoms with E-state index in [9.17, 15) is 9.18 Å². The van der Waals surface area contributed by atoms with Gasteiger partial charge in [0.25, 0.3) is 5.91 Å². The minimum Gasteiger partial charge on any atom is -0.337 e. The van der Waals surface area contributed by atoms with Crippen molar-refractivity contribution in [1.29, 1.82) is 0 Å². The quantitative estimate of drug-likeness (QED) is 0.822. The lowest BCUT2D eigenvalue weighted by atomic mass is 10.2. The summed E-state index contributed by atoms with van der Waals surface area (Å²) in [6.07, 6.45) is 1.85. The summed E-state index contributed by atoms with van der Waals surface area (Å²) < 4.78 is 15.2. The summed E-state index contributed by atoms with van der Waals surface area (Å²) in [5, 5.41) is 11.9. The van der Waals surface area contributed by atoms with E-state index in [4.69, 9.17) is 0 Å². The highest BCUT2D eigenvalue weighted by molar-refractivity contribution is 5.94. The number of hydrogen-bond donors (Lipinski definition) is 0. The summed E-state index contributed by atoms with van der Waals surface area (Å²) in [7, 11) is 0. The average Bonchev–Trinajstić information content (AvgIpc) is 2.90. The summed E-state index contributed by atoms with van der Waals surface area (Å²) in [4.78, 5) is 16.6. The minimum absolute atomic E-state index is 0.114. The van der Waals surface area contributed by atoms with Gasteiger partial charge in [0.15, 0.2) is 5.82 Å². The van der Waals surface area contributed by atoms with Crippen molar-refractivity contribution >= 4 is 5.91 Å². The fourth-order valence-corrected chi connectivity index (χ4v) is 3.06. The fourth-order valence-electron chi connectivity index (χ4n) is 3.06. The van der Waals surface area contributed by atoms with Crippen LogP contribution in [0.4, 0.5) is 4.39 Å². The van der Waals surface area contributed by atoms with E-state index in [0.29, 0.717) is 25.2 Å². The number of tetrazole rings is 1. The molecular weight excluding hydrogens is 323 g/mol. The van der Waals surface area contributed by atoms with Crippen molar-refractivity contribution in [2.24, 2.45) is 0 Å². The highest BCUT2D eigenvalue weighted by Gasteiger charge is 2.21. The van der Waals surface area contributed by atoms with Crippen molar-refractivity contribution in [2.75, 3.05) is 26.2 Å². The molecule has 0 aliphatic carbocycles. The maximum absolute atomic E-state index is 13.3. The molecular formula is C17H23FN6O. The first-order chi connectivity index (χ1) is 12.2. The molecule has 8 heteroatoms. The lowest BCUT2D eigenvalue weighted by Crippen LogP contribution is -2.35. The van der Waals surface area contributed by atoms with Crippen LogP contribution in [0.2, 0.25) is 0 Å². The first-order valence-electron chi connectivity index (χ1n) is 8.69. The maximum atomic E-state index is 13.3. The standard InChI is InChI=1S/C17H23FN6O/c1-2-7-24-16(19-20-21-24)13-22-8-4-9-23(11-10-22)17(25)14-5-3-6-15(18)12-14/h3,5-6,12H,2,4,7-11,13H2,1H3. The zero-order valence-electron chi connectivity index (χ0n) is 14.4. The second-order valence-corrected chi connectivity index (χ2v) is 6.25. The first-order valence-corrected chi connectivity index (χ1v) is 8.69. The zero-order valence-corrected chi connectivity index (χ0v) is 14.4. The van der Waals surface area contributed by atoms with Crippen LogP contribution in [0, 0.1) is 5.82 Å². The molecule has 0 N–H and O–H groups in total. The van der Waals surface area contributed by atoms with Gasteiger partial charge < -0.3 is 4.90 Å². The molecule has 0 radical (unpaired) electrons. The molecule has 0 bridgehead atoms. The lowest BCUT2D eigenvalue weighted by molar-refractivity contribution is 0.0760. The van der Waals surface area contributed by atoms with E-state index < -0.39 is 0 Å². The van der Waals surface area contributed by atoms with Crippen LogP contribution in [0.15, 0.2) is 24.3 Å². The van der Waals surface area contributed by atoms with Gasteiger partial charge in [-0.15, -0.1) is 5.10 Å². The summed E-state index contributed by atoms with van der Waals surface area (Å²) in [6.45, 7) is 6.49. The van der Waals surface area contributed by atoms with Gasteiger partial charge in [-0.2, -0.15) is 0 Å². The SMILES string of the molecule is CCCn1nnnc1CN1CCCN(C(=O)c2cccc(F)c2)CC1. The summed E-state index contributed by atoms with van der Waals surface area (Å²) >= 11 is 0. The molecule has 0 saturated carbocycles. The van der Waals surface area contributed by atoms with Gasteiger partial charge in [-0.25, -0.2) is 9.07 Å². The highest BCUT2D eigenvalue weighted by atomic mass is 19.1. The van der Waals surface area contributed by atoms with Crippen molar-refractivity contribution in [3.8, 4) is 0 Å². The van der Waals surface area contributed by atoms with Crippen molar-refractivity contribution in [3.05, 3.63) is 41.5 Å². The Morgan fingerprint density at radius 2 is 2.12 bits per heavy atom. The third-order valence-electron chi connectivity index (χ3n) is 4.35. The molecule has 2 heterocycles. The van der Waals surface area contributed by atoms with E-state index in [2.05, 4.69) is 27.3 Å². The van der Waals surface area contributed by atoms with Gasteiger partial charge in [0.2, 0.25) is 0 Å². The van der Waals surface area contributed by atoms with E-state index in [1.54, 1.807) is 17.0 Å². The third kappa shape index (κ3) is 4.39. The number of carbonyl (C=O) groups excluding carboxylic acids is 1. The number of aromatic nitrogens is 4. The molecule has 1 saturated heterocycles. The Bertz CT molecular complexity index is 719. The molecule has 0 unspecified atom stereocenters. The largest absolute Gasteiger partial charge is 0.337 e. The van der Waals surface area contributed by atoms with E-state index >= 15 is 0 Å². The van der Waals surface area contributed by atoms with Crippen LogP contribution in [0.5, 0.6) is 0 Å². The number of rotatable bonds is 5. The van der Waals surface area contributed by atoms with E-state index in [-0.39, 0.29) is 11.7 Å². The molecule has 3 rings (SSSR count). The van der Waals surface area contributed by atoms with Crippen molar-refractivity contribution in [2.45, 2.75) is 32.9 Å². The molecule has 25 heavy (non-hydrogen) atoms. The molecule has 1 aromatic carbocycles. The molecule has 7 nitrogen and oxygen atoms in total. The number of halogens is 1. The van der Waals surface area contributed by atoms with Crippen LogP contribution >= 0.6 is 0 Å². The molecule has 2 aromatic rings. The van der Waals surface area contributed by atoms with E-state index in [0.717, 1.165) is 38.3 Å². The van der Waals surface area contributed by atoms with Gasteiger partial charge in [0.1, 0.15) is 5.82 Å². The molecule has 1 amide bonds. The van der Waals surface area contributed by atoms with Crippen LogP contribution < -0.4 is 0 Å². The van der Waals surface area contributed by atoms with Crippen LogP contribution in [-0.2, 0) is 13.1 Å². The van der Waals surface area contributed by atoms with Crippen LogP contribution in [-0.4, -0.2) is 62.1 Å². The number of carbonyl (C=O) groups is 1. The number of nitrogens with zero attached hydrogens (tertiary/aromatic N) is 6. The minimum atomic E-state index is -0.384. The highest BCUT2D eigenvalue weighted by Crippen LogP contribution is 2.12. The predicted octanol–water partition coefficient (Wildman–Crippen LogP) is 1.57. The number of aryl methyl sites for hydroxylation is 1. The van der Waals surface area contributed by atoms with Crippen molar-refractivity contribution in [1.82, 2.24) is 30.0 Å². The summed E-state index contributed by atoms with van der Waals surface area (Å²) in [5.74, 6) is 0.356. The molecule has 1 aliphatic rings. The zero-order chi connectivity index (χ0) is 17.6. The second-order valence-electron chi connectivity index (χ2n) is 6.25. The second kappa shape index (κ2) is 8.15. The van der Waals surface area contributed by atoms with E-state index in [1.165, 1.54) is 12.1 Å². The van der Waals surface area contributed by atoms with Gasteiger partial charge in [0, 0.05) is 38.3 Å². The Morgan fingerprint density at radius 1 is 1.24 bits per heavy atom. The maximum Gasteiger partial charge on any atom is 0.254 e. The molecule has 0 spiro atoms. The normalized spacial score (nSPS) is 16.0. The third-order valence-corrected chi connectivity index (χ3v) is 4.35. The van der Waals surface area contributed by atoms with Gasteiger partial charge in [-0.05, 0) is 41.5 Å². The molecule has 0 atom stereocenters. The smallest absolute Gasteiger partial charge is 0.254 e. The Labute approximate surface area is 146 Å². The molecule has 134 valence electrons. The monoisotopic (exact) mass is 346 g/mol. The van der Waals surface area contributed by atoms with Gasteiger partial charge in [-0.1, -0.05) is 13.0 Å². The topological polar surface area (TPSA) is 67.2 Å². The van der Waals surface area contributed by atoms with Crippen LogP contribution in [0.1, 0.15) is 35.9 Å². The Balaban J connectivity index is 1.60. The van der Waals surface area contributed by atoms with Crippen LogP contribution in [0.25, 0.3) is 0 Å².